The SMILES string of the molecule is Cc1ncc(CCNS(=O)(=O)c2ccc(Cl)cc2)s1. The number of nitrogens with zero attached hydrogens (tertiary/aromatic N) is 1. The zero-order chi connectivity index (χ0) is 13.9. The number of thiazole rings is 1. The largest absolute Gasteiger partial charge is 0.250 e. The molecule has 0 saturated carbocycles. The molecule has 102 valence electrons. The van der Waals surface area contributed by atoms with Crippen LogP contribution in [0.1, 0.15) is 9.88 Å². The summed E-state index contributed by atoms with van der Waals surface area (Å²) in [5.74, 6) is 0. The summed E-state index contributed by atoms with van der Waals surface area (Å²) in [4.78, 5) is 5.41. The van der Waals surface area contributed by atoms with Crippen LogP contribution >= 0.6 is 22.9 Å². The van der Waals surface area contributed by atoms with Gasteiger partial charge in [0.1, 0.15) is 0 Å². The first-order valence-corrected chi connectivity index (χ1v) is 8.32. The van der Waals surface area contributed by atoms with Gasteiger partial charge < -0.3 is 0 Å². The average molecular weight is 317 g/mol. The number of rotatable bonds is 5. The number of hydrogen-bond donors (Lipinski definition) is 1. The first-order chi connectivity index (χ1) is 8.97. The van der Waals surface area contributed by atoms with E-state index in [0.717, 1.165) is 9.88 Å². The molecular formula is C12H13ClN2O2S2. The van der Waals surface area contributed by atoms with Crippen LogP contribution in [-0.4, -0.2) is 19.9 Å². The van der Waals surface area contributed by atoms with E-state index in [4.69, 9.17) is 11.6 Å². The summed E-state index contributed by atoms with van der Waals surface area (Å²) in [6, 6.07) is 6.09. The fraction of sp³-hybridized carbons (Fsp3) is 0.250. The van der Waals surface area contributed by atoms with E-state index < -0.39 is 10.0 Å². The molecule has 1 N–H and O–H groups in total. The minimum absolute atomic E-state index is 0.220. The third-order valence-electron chi connectivity index (χ3n) is 2.46. The quantitative estimate of drug-likeness (QED) is 0.922. The molecule has 0 atom stereocenters. The smallest absolute Gasteiger partial charge is 0.240 e. The lowest BCUT2D eigenvalue weighted by Crippen LogP contribution is -2.25. The molecule has 7 heteroatoms. The lowest BCUT2D eigenvalue weighted by molar-refractivity contribution is 0.582. The van der Waals surface area contributed by atoms with Gasteiger partial charge in [0, 0.05) is 22.6 Å². The number of halogens is 1. The predicted molar refractivity (Wildman–Crippen MR) is 77.2 cm³/mol. The number of aromatic nitrogens is 1. The molecule has 1 heterocycles. The molecule has 19 heavy (non-hydrogen) atoms. The third-order valence-corrected chi connectivity index (χ3v) is 5.16. The standard InChI is InChI=1S/C12H13ClN2O2S2/c1-9-14-8-11(18-9)6-7-15-19(16,17)12-4-2-10(13)3-5-12/h2-5,8,15H,6-7H2,1H3. The Morgan fingerprint density at radius 3 is 2.58 bits per heavy atom. The Balaban J connectivity index is 1.96. The average Bonchev–Trinajstić information content (AvgIpc) is 2.75. The summed E-state index contributed by atoms with van der Waals surface area (Å²) >= 11 is 7.30. The Bertz CT molecular complexity index is 651. The van der Waals surface area contributed by atoms with Crippen molar-refractivity contribution in [3.63, 3.8) is 0 Å². The molecule has 0 aliphatic heterocycles. The molecule has 0 unspecified atom stereocenters. The lowest BCUT2D eigenvalue weighted by atomic mass is 10.4. The van der Waals surface area contributed by atoms with Gasteiger partial charge >= 0.3 is 0 Å². The van der Waals surface area contributed by atoms with Crippen LogP contribution in [0.15, 0.2) is 35.4 Å². The normalized spacial score (nSPS) is 11.7. The zero-order valence-corrected chi connectivity index (χ0v) is 12.6. The summed E-state index contributed by atoms with van der Waals surface area (Å²) in [5.41, 5.74) is 0. The topological polar surface area (TPSA) is 59.1 Å². The van der Waals surface area contributed by atoms with Crippen molar-refractivity contribution in [3.05, 3.63) is 45.4 Å². The van der Waals surface area contributed by atoms with Gasteiger partial charge in [-0.05, 0) is 37.6 Å². The number of aryl methyl sites for hydroxylation is 1. The van der Waals surface area contributed by atoms with Gasteiger partial charge in [-0.3, -0.25) is 0 Å². The number of sulfonamides is 1. The minimum Gasteiger partial charge on any atom is -0.250 e. The molecule has 0 radical (unpaired) electrons. The van der Waals surface area contributed by atoms with Crippen molar-refractivity contribution < 1.29 is 8.42 Å². The van der Waals surface area contributed by atoms with Crippen molar-refractivity contribution in [1.82, 2.24) is 9.71 Å². The van der Waals surface area contributed by atoms with Gasteiger partial charge in [-0.25, -0.2) is 18.1 Å². The highest BCUT2D eigenvalue weighted by Crippen LogP contribution is 2.15. The van der Waals surface area contributed by atoms with Gasteiger partial charge in [-0.1, -0.05) is 11.6 Å². The van der Waals surface area contributed by atoms with E-state index in [2.05, 4.69) is 9.71 Å². The fourth-order valence-electron chi connectivity index (χ4n) is 1.53. The van der Waals surface area contributed by atoms with Gasteiger partial charge in [-0.2, -0.15) is 0 Å². The fourth-order valence-corrected chi connectivity index (χ4v) is 3.48. The van der Waals surface area contributed by atoms with Crippen LogP contribution in [0.4, 0.5) is 0 Å². The molecule has 0 aliphatic rings. The Kier molecular flexibility index (Phi) is 4.57. The van der Waals surface area contributed by atoms with E-state index in [-0.39, 0.29) is 4.90 Å². The first kappa shape index (κ1) is 14.5. The van der Waals surface area contributed by atoms with E-state index in [0.29, 0.717) is 18.0 Å². The molecule has 0 saturated heterocycles. The first-order valence-electron chi connectivity index (χ1n) is 5.64. The predicted octanol–water partition coefficient (Wildman–Crippen LogP) is 2.63. The molecule has 2 rings (SSSR count). The number of nitrogens with one attached hydrogen (secondary N) is 1. The molecule has 0 spiro atoms. The summed E-state index contributed by atoms with van der Waals surface area (Å²) in [7, 11) is -3.46. The minimum atomic E-state index is -3.46. The molecule has 0 amide bonds. The Hall–Kier alpha value is -0.950. The maximum atomic E-state index is 12.0. The van der Waals surface area contributed by atoms with Crippen molar-refractivity contribution in [3.8, 4) is 0 Å². The summed E-state index contributed by atoms with van der Waals surface area (Å²) in [6.07, 6.45) is 2.41. The molecule has 1 aromatic carbocycles. The molecule has 0 fully saturated rings. The summed E-state index contributed by atoms with van der Waals surface area (Å²) < 4.78 is 26.5. The van der Waals surface area contributed by atoms with Gasteiger partial charge in [0.2, 0.25) is 10.0 Å². The van der Waals surface area contributed by atoms with Gasteiger partial charge in [0.25, 0.3) is 0 Å². The van der Waals surface area contributed by atoms with Gasteiger partial charge in [0.05, 0.1) is 9.90 Å². The van der Waals surface area contributed by atoms with Gasteiger partial charge in [-0.15, -0.1) is 11.3 Å². The van der Waals surface area contributed by atoms with Crippen molar-refractivity contribution >= 4 is 33.0 Å². The second-order valence-electron chi connectivity index (χ2n) is 3.95. The van der Waals surface area contributed by atoms with E-state index in [1.807, 2.05) is 6.92 Å². The van der Waals surface area contributed by atoms with Crippen LogP contribution < -0.4 is 4.72 Å². The van der Waals surface area contributed by atoms with Crippen LogP contribution in [0.25, 0.3) is 0 Å². The molecule has 4 nitrogen and oxygen atoms in total. The Morgan fingerprint density at radius 1 is 1.32 bits per heavy atom. The van der Waals surface area contributed by atoms with Crippen LogP contribution in [-0.2, 0) is 16.4 Å². The van der Waals surface area contributed by atoms with E-state index in [1.165, 1.54) is 12.1 Å². The second kappa shape index (κ2) is 6.00. The van der Waals surface area contributed by atoms with Gasteiger partial charge in [0.15, 0.2) is 0 Å². The van der Waals surface area contributed by atoms with E-state index >= 15 is 0 Å². The lowest BCUT2D eigenvalue weighted by Gasteiger charge is -2.05. The van der Waals surface area contributed by atoms with Crippen LogP contribution in [0.2, 0.25) is 5.02 Å². The maximum absolute atomic E-state index is 12.0. The molecule has 0 bridgehead atoms. The highest BCUT2D eigenvalue weighted by molar-refractivity contribution is 7.89. The molecule has 2 aromatic rings. The maximum Gasteiger partial charge on any atom is 0.240 e. The molecule has 1 aromatic heterocycles. The van der Waals surface area contributed by atoms with E-state index in [9.17, 15) is 8.42 Å². The Labute approximate surface area is 121 Å². The van der Waals surface area contributed by atoms with Crippen molar-refractivity contribution in [1.29, 1.82) is 0 Å². The third kappa shape index (κ3) is 4.01. The molecular weight excluding hydrogens is 304 g/mol. The highest BCUT2D eigenvalue weighted by Gasteiger charge is 2.13. The van der Waals surface area contributed by atoms with Crippen molar-refractivity contribution in [2.45, 2.75) is 18.2 Å². The monoisotopic (exact) mass is 316 g/mol. The van der Waals surface area contributed by atoms with Crippen LogP contribution in [0.5, 0.6) is 0 Å². The van der Waals surface area contributed by atoms with Crippen molar-refractivity contribution in [2.24, 2.45) is 0 Å². The second-order valence-corrected chi connectivity index (χ2v) is 7.47. The summed E-state index contributed by atoms with van der Waals surface area (Å²) in [6.45, 7) is 2.28. The Morgan fingerprint density at radius 2 is 2.00 bits per heavy atom. The number of benzene rings is 1. The van der Waals surface area contributed by atoms with Crippen LogP contribution in [0.3, 0.4) is 0 Å². The van der Waals surface area contributed by atoms with Crippen LogP contribution in [0, 0.1) is 6.92 Å². The summed E-state index contributed by atoms with van der Waals surface area (Å²) in [5, 5.41) is 1.50. The molecule has 0 aliphatic carbocycles. The van der Waals surface area contributed by atoms with Crippen molar-refractivity contribution in [2.75, 3.05) is 6.54 Å². The number of hydrogen-bond acceptors (Lipinski definition) is 4. The zero-order valence-electron chi connectivity index (χ0n) is 10.3. The van der Waals surface area contributed by atoms with E-state index in [1.54, 1.807) is 29.7 Å². The highest BCUT2D eigenvalue weighted by atomic mass is 35.5.